The fourth-order valence-electron chi connectivity index (χ4n) is 2.31. The summed E-state index contributed by atoms with van der Waals surface area (Å²) in [5.74, 6) is 0.439. The Bertz CT molecular complexity index is 599. The molecule has 0 saturated heterocycles. The van der Waals surface area contributed by atoms with Gasteiger partial charge < -0.3 is 15.4 Å². The molecule has 0 amide bonds. The molecule has 3 nitrogen and oxygen atoms in total. The van der Waals surface area contributed by atoms with Crippen molar-refractivity contribution >= 4 is 11.4 Å². The lowest BCUT2D eigenvalue weighted by Crippen LogP contribution is -2.17. The number of benzene rings is 2. The molecule has 0 aliphatic rings. The SMILES string of the molecule is COc1ccccc1N(C)c1cccc(F)c1C(C)N. The molecule has 0 aliphatic carbocycles. The molecular formula is C16H19FN2O. The fourth-order valence-corrected chi connectivity index (χ4v) is 2.31. The molecule has 4 heteroatoms. The summed E-state index contributed by atoms with van der Waals surface area (Å²) in [6, 6.07) is 12.2. The molecule has 2 rings (SSSR count). The fraction of sp³-hybridized carbons (Fsp3) is 0.250. The Morgan fingerprint density at radius 2 is 1.75 bits per heavy atom. The zero-order chi connectivity index (χ0) is 14.7. The second-order valence-corrected chi connectivity index (χ2v) is 4.69. The average Bonchev–Trinajstić information content (AvgIpc) is 2.45. The Labute approximate surface area is 118 Å². The van der Waals surface area contributed by atoms with Gasteiger partial charge in [-0.2, -0.15) is 0 Å². The maximum atomic E-state index is 14.0. The highest BCUT2D eigenvalue weighted by molar-refractivity contribution is 5.71. The number of anilines is 2. The van der Waals surface area contributed by atoms with Crippen LogP contribution in [0.5, 0.6) is 5.75 Å². The molecule has 2 aromatic carbocycles. The highest BCUT2D eigenvalue weighted by Gasteiger charge is 2.18. The van der Waals surface area contributed by atoms with E-state index in [-0.39, 0.29) is 11.9 Å². The summed E-state index contributed by atoms with van der Waals surface area (Å²) in [5, 5.41) is 0. The number of nitrogens with two attached hydrogens (primary N) is 1. The second-order valence-electron chi connectivity index (χ2n) is 4.69. The van der Waals surface area contributed by atoms with Crippen molar-refractivity contribution in [3.63, 3.8) is 0 Å². The van der Waals surface area contributed by atoms with Gasteiger partial charge in [0.1, 0.15) is 11.6 Å². The largest absolute Gasteiger partial charge is 0.495 e. The van der Waals surface area contributed by atoms with Crippen LogP contribution in [0.1, 0.15) is 18.5 Å². The third kappa shape index (κ3) is 2.60. The molecule has 0 aromatic heterocycles. The van der Waals surface area contributed by atoms with Crippen LogP contribution in [0.15, 0.2) is 42.5 Å². The van der Waals surface area contributed by atoms with Crippen LogP contribution in [0, 0.1) is 5.82 Å². The first-order valence-corrected chi connectivity index (χ1v) is 6.47. The Kier molecular flexibility index (Phi) is 4.25. The normalized spacial score (nSPS) is 12.1. The first-order valence-electron chi connectivity index (χ1n) is 6.47. The van der Waals surface area contributed by atoms with Gasteiger partial charge in [0.2, 0.25) is 0 Å². The number of nitrogens with zero attached hydrogens (tertiary/aromatic N) is 1. The number of hydrogen-bond donors (Lipinski definition) is 1. The van der Waals surface area contributed by atoms with Gasteiger partial charge in [-0.25, -0.2) is 4.39 Å². The van der Waals surface area contributed by atoms with E-state index < -0.39 is 0 Å². The molecule has 0 spiro atoms. The number of methoxy groups -OCH3 is 1. The van der Waals surface area contributed by atoms with E-state index in [1.807, 2.05) is 42.3 Å². The summed E-state index contributed by atoms with van der Waals surface area (Å²) in [5.41, 5.74) is 8.01. The van der Waals surface area contributed by atoms with Crippen LogP contribution in [0.4, 0.5) is 15.8 Å². The topological polar surface area (TPSA) is 38.5 Å². The number of rotatable bonds is 4. The van der Waals surface area contributed by atoms with Gasteiger partial charge in [-0.05, 0) is 31.2 Å². The molecule has 0 aliphatic heterocycles. The highest BCUT2D eigenvalue weighted by Crippen LogP contribution is 2.36. The zero-order valence-corrected chi connectivity index (χ0v) is 11.9. The quantitative estimate of drug-likeness (QED) is 0.925. The lowest BCUT2D eigenvalue weighted by molar-refractivity contribution is 0.415. The summed E-state index contributed by atoms with van der Waals surface area (Å²) in [6.45, 7) is 1.78. The van der Waals surface area contributed by atoms with Gasteiger partial charge in [-0.3, -0.25) is 0 Å². The molecule has 1 atom stereocenters. The van der Waals surface area contributed by atoms with E-state index in [9.17, 15) is 4.39 Å². The molecule has 0 heterocycles. The van der Waals surface area contributed by atoms with E-state index in [0.29, 0.717) is 5.56 Å². The maximum Gasteiger partial charge on any atom is 0.142 e. The molecule has 0 saturated carbocycles. The van der Waals surface area contributed by atoms with Crippen molar-refractivity contribution < 1.29 is 9.13 Å². The van der Waals surface area contributed by atoms with Crippen LogP contribution in [-0.2, 0) is 0 Å². The summed E-state index contributed by atoms with van der Waals surface area (Å²) in [7, 11) is 3.49. The lowest BCUT2D eigenvalue weighted by atomic mass is 10.0. The standard InChI is InChI=1S/C16H19FN2O/c1-11(18)16-12(17)7-6-9-14(16)19(2)13-8-4-5-10-15(13)20-3/h4-11H,18H2,1-3H3. The maximum absolute atomic E-state index is 14.0. The van der Waals surface area contributed by atoms with Gasteiger partial charge in [-0.15, -0.1) is 0 Å². The van der Waals surface area contributed by atoms with Gasteiger partial charge in [0.15, 0.2) is 0 Å². The Balaban J connectivity index is 2.54. The van der Waals surface area contributed by atoms with Crippen molar-refractivity contribution in [3.05, 3.63) is 53.8 Å². The smallest absolute Gasteiger partial charge is 0.142 e. The highest BCUT2D eigenvalue weighted by atomic mass is 19.1. The predicted octanol–water partition coefficient (Wildman–Crippen LogP) is 3.62. The minimum Gasteiger partial charge on any atom is -0.495 e. The Morgan fingerprint density at radius 3 is 2.40 bits per heavy atom. The summed E-state index contributed by atoms with van der Waals surface area (Å²) in [6.07, 6.45) is 0. The van der Waals surface area contributed by atoms with Crippen LogP contribution in [0.3, 0.4) is 0 Å². The first-order chi connectivity index (χ1) is 9.56. The summed E-state index contributed by atoms with van der Waals surface area (Å²) >= 11 is 0. The van der Waals surface area contributed by atoms with Gasteiger partial charge in [-0.1, -0.05) is 18.2 Å². The third-order valence-electron chi connectivity index (χ3n) is 3.29. The van der Waals surface area contributed by atoms with Crippen LogP contribution < -0.4 is 15.4 Å². The predicted molar refractivity (Wildman–Crippen MR) is 80.1 cm³/mol. The molecule has 106 valence electrons. The number of para-hydroxylation sites is 2. The number of ether oxygens (including phenoxy) is 1. The number of hydrogen-bond acceptors (Lipinski definition) is 3. The monoisotopic (exact) mass is 274 g/mol. The van der Waals surface area contributed by atoms with E-state index >= 15 is 0 Å². The van der Waals surface area contributed by atoms with Crippen molar-refractivity contribution in [2.45, 2.75) is 13.0 Å². The third-order valence-corrected chi connectivity index (χ3v) is 3.29. The lowest BCUT2D eigenvalue weighted by Gasteiger charge is -2.25. The van der Waals surface area contributed by atoms with Crippen LogP contribution in [0.2, 0.25) is 0 Å². The molecule has 0 radical (unpaired) electrons. The second kappa shape index (κ2) is 5.92. The van der Waals surface area contributed by atoms with Crippen LogP contribution >= 0.6 is 0 Å². The van der Waals surface area contributed by atoms with Crippen molar-refractivity contribution in [2.75, 3.05) is 19.1 Å². The minimum absolute atomic E-state index is 0.292. The Hall–Kier alpha value is -2.07. The van der Waals surface area contributed by atoms with Gasteiger partial charge in [0, 0.05) is 24.3 Å². The van der Waals surface area contributed by atoms with E-state index in [4.69, 9.17) is 10.5 Å². The van der Waals surface area contributed by atoms with Gasteiger partial charge in [0.25, 0.3) is 0 Å². The van der Waals surface area contributed by atoms with E-state index in [1.165, 1.54) is 6.07 Å². The van der Waals surface area contributed by atoms with Crippen molar-refractivity contribution in [1.82, 2.24) is 0 Å². The summed E-state index contributed by atoms with van der Waals surface area (Å²) in [4.78, 5) is 1.89. The zero-order valence-electron chi connectivity index (χ0n) is 11.9. The van der Waals surface area contributed by atoms with E-state index in [0.717, 1.165) is 17.1 Å². The molecule has 2 aromatic rings. The molecule has 2 N–H and O–H groups in total. The number of halogens is 1. The molecule has 1 unspecified atom stereocenters. The van der Waals surface area contributed by atoms with Gasteiger partial charge >= 0.3 is 0 Å². The Morgan fingerprint density at radius 1 is 1.10 bits per heavy atom. The van der Waals surface area contributed by atoms with Crippen molar-refractivity contribution in [2.24, 2.45) is 5.73 Å². The molecule has 20 heavy (non-hydrogen) atoms. The van der Waals surface area contributed by atoms with Crippen LogP contribution in [0.25, 0.3) is 0 Å². The van der Waals surface area contributed by atoms with Gasteiger partial charge in [0.05, 0.1) is 12.8 Å². The first kappa shape index (κ1) is 14.3. The van der Waals surface area contributed by atoms with E-state index in [2.05, 4.69) is 0 Å². The average molecular weight is 274 g/mol. The minimum atomic E-state index is -0.386. The molecule has 0 bridgehead atoms. The molecule has 0 fully saturated rings. The van der Waals surface area contributed by atoms with Crippen molar-refractivity contribution in [3.8, 4) is 5.75 Å². The van der Waals surface area contributed by atoms with E-state index in [1.54, 1.807) is 20.1 Å². The van der Waals surface area contributed by atoms with Crippen molar-refractivity contribution in [1.29, 1.82) is 0 Å². The van der Waals surface area contributed by atoms with Crippen LogP contribution in [-0.4, -0.2) is 14.2 Å². The summed E-state index contributed by atoms with van der Waals surface area (Å²) < 4.78 is 19.4. The molecular weight excluding hydrogens is 255 g/mol.